The zero-order chi connectivity index (χ0) is 14.2. The molecule has 1 N–H and O–H groups in total. The molecule has 5 heteroatoms. The minimum absolute atomic E-state index is 0.170. The summed E-state index contributed by atoms with van der Waals surface area (Å²) in [5, 5.41) is 9.05. The minimum atomic E-state index is -1.19. The summed E-state index contributed by atoms with van der Waals surface area (Å²) < 4.78 is 2.83. The molecular formula is C14H12INO3. The van der Waals surface area contributed by atoms with Gasteiger partial charge in [0.25, 0.3) is 0 Å². The third-order valence-corrected chi connectivity index (χ3v) is 3.81. The van der Waals surface area contributed by atoms with E-state index in [9.17, 15) is 9.59 Å². The SMILES string of the molecule is Cc1c(C(=O)O)c(=O)cc(-c2ccc(I)cc2)n1C. The molecule has 19 heavy (non-hydrogen) atoms. The molecule has 0 aliphatic carbocycles. The molecule has 1 aromatic heterocycles. The van der Waals surface area contributed by atoms with Crippen LogP contribution in [0.3, 0.4) is 0 Å². The molecule has 0 radical (unpaired) electrons. The highest BCUT2D eigenvalue weighted by Gasteiger charge is 2.16. The average molecular weight is 369 g/mol. The minimum Gasteiger partial charge on any atom is -0.477 e. The van der Waals surface area contributed by atoms with Gasteiger partial charge in [-0.05, 0) is 47.2 Å². The number of carboxylic acid groups (broad SMARTS) is 1. The van der Waals surface area contributed by atoms with Gasteiger partial charge < -0.3 is 9.67 Å². The molecule has 98 valence electrons. The van der Waals surface area contributed by atoms with Gasteiger partial charge in [-0.1, -0.05) is 12.1 Å². The summed E-state index contributed by atoms with van der Waals surface area (Å²) in [6.45, 7) is 1.64. The van der Waals surface area contributed by atoms with Crippen molar-refractivity contribution < 1.29 is 9.90 Å². The van der Waals surface area contributed by atoms with Crippen molar-refractivity contribution in [2.45, 2.75) is 6.92 Å². The number of nitrogens with zero attached hydrogens (tertiary/aromatic N) is 1. The first kappa shape index (κ1) is 13.8. The molecule has 0 aliphatic rings. The van der Waals surface area contributed by atoms with Crippen molar-refractivity contribution in [2.24, 2.45) is 7.05 Å². The standard InChI is InChI=1S/C14H12INO3/c1-8-13(14(18)19)12(17)7-11(16(8)2)9-3-5-10(15)6-4-9/h3-7H,1-2H3,(H,18,19). The first-order valence-electron chi connectivity index (χ1n) is 5.61. The summed E-state index contributed by atoms with van der Waals surface area (Å²) in [6, 6.07) is 9.09. The normalized spacial score (nSPS) is 10.5. The third kappa shape index (κ3) is 2.56. The number of hydrogen-bond acceptors (Lipinski definition) is 2. The maximum atomic E-state index is 11.9. The molecule has 1 heterocycles. The van der Waals surface area contributed by atoms with Gasteiger partial charge in [-0.3, -0.25) is 4.79 Å². The Bertz CT molecular complexity index is 702. The molecule has 0 saturated heterocycles. The van der Waals surface area contributed by atoms with Gasteiger partial charge in [0.2, 0.25) is 0 Å². The third-order valence-electron chi connectivity index (χ3n) is 3.09. The topological polar surface area (TPSA) is 59.3 Å². The van der Waals surface area contributed by atoms with Crippen molar-refractivity contribution in [1.82, 2.24) is 4.57 Å². The summed E-state index contributed by atoms with van der Waals surface area (Å²) in [4.78, 5) is 23.0. The monoisotopic (exact) mass is 369 g/mol. The van der Waals surface area contributed by atoms with Crippen LogP contribution in [-0.4, -0.2) is 15.6 Å². The Balaban J connectivity index is 2.70. The second-order valence-corrected chi connectivity index (χ2v) is 5.47. The number of carbonyl (C=O) groups is 1. The van der Waals surface area contributed by atoms with Crippen molar-refractivity contribution in [3.8, 4) is 11.3 Å². The van der Waals surface area contributed by atoms with Crippen LogP contribution < -0.4 is 5.43 Å². The Labute approximate surface area is 123 Å². The summed E-state index contributed by atoms with van der Waals surface area (Å²) in [5.74, 6) is -1.19. The van der Waals surface area contributed by atoms with E-state index in [4.69, 9.17) is 5.11 Å². The number of benzene rings is 1. The Morgan fingerprint density at radius 1 is 1.26 bits per heavy atom. The van der Waals surface area contributed by atoms with Crippen LogP contribution in [0, 0.1) is 10.5 Å². The lowest BCUT2D eigenvalue weighted by Crippen LogP contribution is -2.21. The number of carboxylic acids is 1. The highest BCUT2D eigenvalue weighted by molar-refractivity contribution is 14.1. The van der Waals surface area contributed by atoms with Crippen LogP contribution in [0.25, 0.3) is 11.3 Å². The van der Waals surface area contributed by atoms with E-state index in [0.29, 0.717) is 11.4 Å². The van der Waals surface area contributed by atoms with Crippen molar-refractivity contribution in [3.63, 3.8) is 0 Å². The molecule has 0 unspecified atom stereocenters. The van der Waals surface area contributed by atoms with E-state index in [0.717, 1.165) is 9.13 Å². The zero-order valence-electron chi connectivity index (χ0n) is 10.5. The maximum absolute atomic E-state index is 11.9. The second kappa shape index (κ2) is 5.16. The molecular weight excluding hydrogens is 357 g/mol. The van der Waals surface area contributed by atoms with Crippen molar-refractivity contribution >= 4 is 28.6 Å². The Morgan fingerprint density at radius 3 is 2.37 bits per heavy atom. The molecule has 0 aliphatic heterocycles. The molecule has 4 nitrogen and oxygen atoms in total. The van der Waals surface area contributed by atoms with Gasteiger partial charge >= 0.3 is 5.97 Å². The smallest absolute Gasteiger partial charge is 0.341 e. The molecule has 0 atom stereocenters. The van der Waals surface area contributed by atoms with Crippen molar-refractivity contribution in [3.05, 3.63) is 55.4 Å². The summed E-state index contributed by atoms with van der Waals surface area (Å²) in [6.07, 6.45) is 0. The van der Waals surface area contributed by atoms with Crippen molar-refractivity contribution in [2.75, 3.05) is 0 Å². The van der Waals surface area contributed by atoms with Gasteiger partial charge in [0.15, 0.2) is 5.43 Å². The number of hydrogen-bond donors (Lipinski definition) is 1. The summed E-state index contributed by atoms with van der Waals surface area (Å²) in [5.41, 5.74) is 1.42. The first-order valence-corrected chi connectivity index (χ1v) is 6.69. The Morgan fingerprint density at radius 2 is 1.84 bits per heavy atom. The summed E-state index contributed by atoms with van der Waals surface area (Å²) >= 11 is 2.21. The highest BCUT2D eigenvalue weighted by Crippen LogP contribution is 2.20. The second-order valence-electron chi connectivity index (χ2n) is 4.23. The summed E-state index contributed by atoms with van der Waals surface area (Å²) in [7, 11) is 1.76. The number of rotatable bonds is 2. The lowest BCUT2D eigenvalue weighted by Gasteiger charge is -2.14. The van der Waals surface area contributed by atoms with Crippen LogP contribution >= 0.6 is 22.6 Å². The van der Waals surface area contributed by atoms with Crippen LogP contribution in [0.1, 0.15) is 16.1 Å². The van der Waals surface area contributed by atoms with E-state index in [2.05, 4.69) is 22.6 Å². The van der Waals surface area contributed by atoms with Gasteiger partial charge in [0.1, 0.15) is 5.56 Å². The molecule has 0 spiro atoms. The highest BCUT2D eigenvalue weighted by atomic mass is 127. The van der Waals surface area contributed by atoms with E-state index in [1.807, 2.05) is 24.3 Å². The molecule has 2 rings (SSSR count). The lowest BCUT2D eigenvalue weighted by atomic mass is 10.1. The van der Waals surface area contributed by atoms with E-state index in [1.165, 1.54) is 6.07 Å². The predicted octanol–water partition coefficient (Wildman–Crippen LogP) is 2.66. The predicted molar refractivity (Wildman–Crippen MR) is 81.5 cm³/mol. The fourth-order valence-corrected chi connectivity index (χ4v) is 2.34. The largest absolute Gasteiger partial charge is 0.477 e. The zero-order valence-corrected chi connectivity index (χ0v) is 12.6. The van der Waals surface area contributed by atoms with Crippen molar-refractivity contribution in [1.29, 1.82) is 0 Å². The number of aromatic nitrogens is 1. The molecule has 2 aromatic rings. The lowest BCUT2D eigenvalue weighted by molar-refractivity contribution is 0.0693. The van der Waals surface area contributed by atoms with Crippen LogP contribution in [0.2, 0.25) is 0 Å². The van der Waals surface area contributed by atoms with E-state index < -0.39 is 11.4 Å². The fourth-order valence-electron chi connectivity index (χ4n) is 1.98. The Kier molecular flexibility index (Phi) is 3.75. The fraction of sp³-hybridized carbons (Fsp3) is 0.143. The average Bonchev–Trinajstić information content (AvgIpc) is 2.34. The molecule has 0 saturated carbocycles. The van der Waals surface area contributed by atoms with Crippen LogP contribution in [0.15, 0.2) is 35.1 Å². The molecule has 0 fully saturated rings. The van der Waals surface area contributed by atoms with Gasteiger partial charge in [-0.2, -0.15) is 0 Å². The maximum Gasteiger partial charge on any atom is 0.341 e. The Hall–Kier alpha value is -1.63. The van der Waals surface area contributed by atoms with Crippen LogP contribution in [0.5, 0.6) is 0 Å². The number of aromatic carboxylic acids is 1. The quantitative estimate of drug-likeness (QED) is 0.829. The number of halogens is 1. The first-order chi connectivity index (χ1) is 8.91. The van der Waals surface area contributed by atoms with Gasteiger partial charge in [0, 0.05) is 22.4 Å². The van der Waals surface area contributed by atoms with Crippen LogP contribution in [-0.2, 0) is 7.05 Å². The van der Waals surface area contributed by atoms with Crippen LogP contribution in [0.4, 0.5) is 0 Å². The van der Waals surface area contributed by atoms with Gasteiger partial charge in [-0.15, -0.1) is 0 Å². The van der Waals surface area contributed by atoms with E-state index in [1.54, 1.807) is 18.5 Å². The molecule has 1 aromatic carbocycles. The number of pyridine rings is 1. The molecule has 0 bridgehead atoms. The van der Waals surface area contributed by atoms with E-state index in [-0.39, 0.29) is 5.56 Å². The van der Waals surface area contributed by atoms with E-state index >= 15 is 0 Å². The molecule has 0 amide bonds. The van der Waals surface area contributed by atoms with Gasteiger partial charge in [-0.25, -0.2) is 4.79 Å². The van der Waals surface area contributed by atoms with Gasteiger partial charge in [0.05, 0.1) is 5.69 Å².